The van der Waals surface area contributed by atoms with Crippen LogP contribution in [0.1, 0.15) is 37.7 Å². The van der Waals surface area contributed by atoms with E-state index in [2.05, 4.69) is 0 Å². The van der Waals surface area contributed by atoms with Gasteiger partial charge in [-0.25, -0.2) is 0 Å². The van der Waals surface area contributed by atoms with E-state index < -0.39 is 0 Å². The first kappa shape index (κ1) is 18.3. The molecule has 1 aromatic rings. The number of ether oxygens (including phenoxy) is 2. The summed E-state index contributed by atoms with van der Waals surface area (Å²) in [6, 6.07) is 7.63. The average Bonchev–Trinajstić information content (AvgIpc) is 2.65. The molecule has 0 heterocycles. The van der Waals surface area contributed by atoms with E-state index in [0.717, 1.165) is 23.1 Å². The second-order valence-electron chi connectivity index (χ2n) is 8.63. The summed E-state index contributed by atoms with van der Waals surface area (Å²) in [5, 5.41) is 0. The van der Waals surface area contributed by atoms with Crippen LogP contribution in [0, 0.1) is 29.6 Å². The molecule has 0 N–H and O–H groups in total. The van der Waals surface area contributed by atoms with E-state index >= 15 is 0 Å². The quantitative estimate of drug-likeness (QED) is 0.720. The lowest BCUT2D eigenvalue weighted by Crippen LogP contribution is -2.48. The van der Waals surface area contributed by atoms with Crippen LogP contribution in [-0.4, -0.2) is 37.5 Å². The minimum atomic E-state index is -0.182. The Labute approximate surface area is 161 Å². The van der Waals surface area contributed by atoms with Crippen molar-refractivity contribution in [1.29, 1.82) is 0 Å². The van der Waals surface area contributed by atoms with Crippen LogP contribution in [0.25, 0.3) is 0 Å². The lowest BCUT2D eigenvalue weighted by Gasteiger charge is -2.53. The standard InChI is InChI=1S/C22H29NO4/c1-23(12-16-5-3-4-6-19(16)26-2)20(24)13-27-22(25)21-17-8-14-7-15(10-17)11-18(21)9-14/h3-6,14-15,17-18,21H,7-13H2,1-2H3. The number of likely N-dealkylation sites (N-methyl/N-ethyl adjacent to an activating group) is 1. The summed E-state index contributed by atoms with van der Waals surface area (Å²) in [5.74, 6) is 3.05. The van der Waals surface area contributed by atoms with Crippen LogP contribution in [0.4, 0.5) is 0 Å². The Hall–Kier alpha value is -2.04. The van der Waals surface area contributed by atoms with Gasteiger partial charge in [-0.3, -0.25) is 9.59 Å². The SMILES string of the molecule is COc1ccccc1CN(C)C(=O)COC(=O)C1C2CC3CC(C2)CC1C3. The zero-order valence-electron chi connectivity index (χ0n) is 16.2. The molecule has 0 spiro atoms. The second-order valence-corrected chi connectivity index (χ2v) is 8.63. The van der Waals surface area contributed by atoms with Gasteiger partial charge in [0.2, 0.25) is 0 Å². The van der Waals surface area contributed by atoms with Crippen molar-refractivity contribution in [1.82, 2.24) is 4.90 Å². The van der Waals surface area contributed by atoms with Gasteiger partial charge in [0.1, 0.15) is 5.75 Å². The highest BCUT2D eigenvalue weighted by atomic mass is 16.5. The molecule has 146 valence electrons. The monoisotopic (exact) mass is 371 g/mol. The Kier molecular flexibility index (Phi) is 5.11. The number of methoxy groups -OCH3 is 1. The third kappa shape index (κ3) is 3.69. The molecule has 5 rings (SSSR count). The molecular formula is C22H29NO4. The highest BCUT2D eigenvalue weighted by Crippen LogP contribution is 2.56. The molecular weight excluding hydrogens is 342 g/mol. The minimum Gasteiger partial charge on any atom is -0.496 e. The number of hydrogen-bond acceptors (Lipinski definition) is 4. The summed E-state index contributed by atoms with van der Waals surface area (Å²) in [6.07, 6.45) is 6.06. The van der Waals surface area contributed by atoms with Crippen molar-refractivity contribution in [2.45, 2.75) is 38.6 Å². The van der Waals surface area contributed by atoms with Gasteiger partial charge in [0, 0.05) is 19.2 Å². The number of hydrogen-bond donors (Lipinski definition) is 0. The number of para-hydroxylation sites is 1. The molecule has 0 atom stereocenters. The second kappa shape index (κ2) is 7.53. The molecule has 5 heteroatoms. The number of carbonyl (C=O) groups excluding carboxylic acids is 2. The molecule has 1 aromatic carbocycles. The smallest absolute Gasteiger partial charge is 0.310 e. The van der Waals surface area contributed by atoms with E-state index in [4.69, 9.17) is 9.47 Å². The number of carbonyl (C=O) groups is 2. The summed E-state index contributed by atoms with van der Waals surface area (Å²) >= 11 is 0. The van der Waals surface area contributed by atoms with Crippen LogP contribution in [-0.2, 0) is 20.9 Å². The molecule has 27 heavy (non-hydrogen) atoms. The zero-order valence-corrected chi connectivity index (χ0v) is 16.2. The average molecular weight is 371 g/mol. The van der Waals surface area contributed by atoms with Crippen LogP contribution in [0.15, 0.2) is 24.3 Å². The summed E-state index contributed by atoms with van der Waals surface area (Å²) in [6.45, 7) is 0.256. The Morgan fingerprint density at radius 1 is 1.04 bits per heavy atom. The maximum Gasteiger partial charge on any atom is 0.310 e. The molecule has 0 saturated heterocycles. The van der Waals surface area contributed by atoms with Crippen LogP contribution in [0.3, 0.4) is 0 Å². The number of nitrogens with zero attached hydrogens (tertiary/aromatic N) is 1. The molecule has 5 nitrogen and oxygen atoms in total. The van der Waals surface area contributed by atoms with Crippen molar-refractivity contribution in [2.75, 3.05) is 20.8 Å². The van der Waals surface area contributed by atoms with Gasteiger partial charge in [0.25, 0.3) is 5.91 Å². The zero-order chi connectivity index (χ0) is 19.0. The molecule has 1 amide bonds. The van der Waals surface area contributed by atoms with E-state index in [1.54, 1.807) is 19.1 Å². The Morgan fingerprint density at radius 3 is 2.30 bits per heavy atom. The predicted octanol–water partition coefficient (Wildman–Crippen LogP) is 3.27. The maximum atomic E-state index is 12.7. The van der Waals surface area contributed by atoms with Gasteiger partial charge < -0.3 is 14.4 Å². The van der Waals surface area contributed by atoms with Crippen molar-refractivity contribution >= 4 is 11.9 Å². The van der Waals surface area contributed by atoms with Crippen LogP contribution in [0.2, 0.25) is 0 Å². The molecule has 0 aliphatic heterocycles. The number of benzene rings is 1. The molecule has 4 aliphatic carbocycles. The highest BCUT2D eigenvalue weighted by Gasteiger charge is 2.51. The van der Waals surface area contributed by atoms with Gasteiger partial charge >= 0.3 is 5.97 Å². The van der Waals surface area contributed by atoms with Crippen molar-refractivity contribution in [3.05, 3.63) is 29.8 Å². The molecule has 4 fully saturated rings. The predicted molar refractivity (Wildman–Crippen MR) is 101 cm³/mol. The van der Waals surface area contributed by atoms with Gasteiger partial charge in [-0.1, -0.05) is 18.2 Å². The fourth-order valence-corrected chi connectivity index (χ4v) is 5.83. The summed E-state index contributed by atoms with van der Waals surface area (Å²) in [4.78, 5) is 26.7. The molecule has 0 aromatic heterocycles. The molecule has 4 bridgehead atoms. The third-order valence-electron chi connectivity index (χ3n) is 6.86. The third-order valence-corrected chi connectivity index (χ3v) is 6.86. The molecule has 0 radical (unpaired) electrons. The molecule has 4 saturated carbocycles. The lowest BCUT2D eigenvalue weighted by atomic mass is 9.52. The van der Waals surface area contributed by atoms with E-state index in [1.807, 2.05) is 24.3 Å². The maximum absolute atomic E-state index is 12.7. The normalized spacial score (nSPS) is 30.8. The first-order valence-electron chi connectivity index (χ1n) is 10.1. The van der Waals surface area contributed by atoms with E-state index in [-0.39, 0.29) is 24.4 Å². The van der Waals surface area contributed by atoms with Gasteiger partial charge in [-0.05, 0) is 61.8 Å². The van der Waals surface area contributed by atoms with Gasteiger partial charge in [0.15, 0.2) is 6.61 Å². The number of rotatable bonds is 6. The van der Waals surface area contributed by atoms with Crippen LogP contribution in [0.5, 0.6) is 5.75 Å². The highest BCUT2D eigenvalue weighted by molar-refractivity contribution is 5.81. The molecule has 4 aliphatic rings. The Morgan fingerprint density at radius 2 is 1.67 bits per heavy atom. The van der Waals surface area contributed by atoms with E-state index in [9.17, 15) is 9.59 Å². The minimum absolute atomic E-state index is 0.0186. The van der Waals surface area contributed by atoms with Crippen molar-refractivity contribution in [3.8, 4) is 5.75 Å². The Balaban J connectivity index is 1.30. The van der Waals surface area contributed by atoms with Crippen molar-refractivity contribution < 1.29 is 19.1 Å². The first-order valence-corrected chi connectivity index (χ1v) is 10.1. The fraction of sp³-hybridized carbons (Fsp3) is 0.636. The van der Waals surface area contributed by atoms with Gasteiger partial charge in [0.05, 0.1) is 13.0 Å². The Bertz CT molecular complexity index is 688. The first-order chi connectivity index (χ1) is 13.0. The van der Waals surface area contributed by atoms with Crippen LogP contribution >= 0.6 is 0 Å². The number of esters is 1. The largest absolute Gasteiger partial charge is 0.496 e. The van der Waals surface area contributed by atoms with E-state index in [1.165, 1.54) is 32.1 Å². The molecule has 0 unspecified atom stereocenters. The lowest BCUT2D eigenvalue weighted by molar-refractivity contribution is -0.166. The topological polar surface area (TPSA) is 55.8 Å². The summed E-state index contributed by atoms with van der Waals surface area (Å²) in [5.41, 5.74) is 0.934. The summed E-state index contributed by atoms with van der Waals surface area (Å²) in [7, 11) is 3.35. The summed E-state index contributed by atoms with van der Waals surface area (Å²) < 4.78 is 10.8. The number of amides is 1. The van der Waals surface area contributed by atoms with Gasteiger partial charge in [-0.2, -0.15) is 0 Å². The van der Waals surface area contributed by atoms with Gasteiger partial charge in [-0.15, -0.1) is 0 Å². The van der Waals surface area contributed by atoms with E-state index in [0.29, 0.717) is 18.4 Å². The van der Waals surface area contributed by atoms with Crippen molar-refractivity contribution in [3.63, 3.8) is 0 Å². The fourth-order valence-electron chi connectivity index (χ4n) is 5.83. The van der Waals surface area contributed by atoms with Crippen LogP contribution < -0.4 is 4.74 Å². The van der Waals surface area contributed by atoms with Crippen molar-refractivity contribution in [2.24, 2.45) is 29.6 Å².